The smallest absolute Gasteiger partial charge is 0.259 e. The fourth-order valence-corrected chi connectivity index (χ4v) is 3.73. The van der Waals surface area contributed by atoms with Crippen molar-refractivity contribution in [3.63, 3.8) is 0 Å². The molecule has 0 fully saturated rings. The third-order valence-corrected chi connectivity index (χ3v) is 5.63. The van der Waals surface area contributed by atoms with Gasteiger partial charge >= 0.3 is 0 Å². The molecule has 0 bridgehead atoms. The number of hydrogen-bond acceptors (Lipinski definition) is 6. The van der Waals surface area contributed by atoms with Gasteiger partial charge in [-0.25, -0.2) is 4.98 Å². The molecule has 1 amide bonds. The van der Waals surface area contributed by atoms with E-state index in [-0.39, 0.29) is 5.91 Å². The molecule has 0 aliphatic rings. The van der Waals surface area contributed by atoms with Crippen molar-refractivity contribution in [2.24, 2.45) is 7.05 Å². The molecule has 3 heterocycles. The summed E-state index contributed by atoms with van der Waals surface area (Å²) in [5.74, 6) is 0.620. The number of benzene rings is 1. The van der Waals surface area contributed by atoms with Crippen molar-refractivity contribution < 1.29 is 14.1 Å². The van der Waals surface area contributed by atoms with E-state index in [0.29, 0.717) is 34.6 Å². The average Bonchev–Trinajstić information content (AvgIpc) is 3.26. The molecule has 0 radical (unpaired) electrons. The van der Waals surface area contributed by atoms with Crippen molar-refractivity contribution in [1.29, 1.82) is 0 Å². The molecule has 0 saturated carbocycles. The van der Waals surface area contributed by atoms with Crippen LogP contribution in [0.15, 0.2) is 34.9 Å². The highest BCUT2D eigenvalue weighted by Gasteiger charge is 2.23. The summed E-state index contributed by atoms with van der Waals surface area (Å²) in [6.07, 6.45) is 0. The minimum atomic E-state index is -0.129. The zero-order valence-electron chi connectivity index (χ0n) is 18.6. The van der Waals surface area contributed by atoms with Gasteiger partial charge in [0.25, 0.3) is 11.6 Å². The van der Waals surface area contributed by atoms with Gasteiger partial charge in [-0.05, 0) is 51.1 Å². The van der Waals surface area contributed by atoms with Crippen molar-refractivity contribution in [1.82, 2.24) is 24.8 Å². The molecule has 1 aromatic carbocycles. The van der Waals surface area contributed by atoms with Gasteiger partial charge in [0, 0.05) is 37.5 Å². The minimum absolute atomic E-state index is 0.129. The predicted octanol–water partition coefficient (Wildman–Crippen LogP) is 3.83. The van der Waals surface area contributed by atoms with E-state index in [1.54, 1.807) is 25.1 Å². The summed E-state index contributed by atoms with van der Waals surface area (Å²) in [4.78, 5) is 19.8. The number of nitrogens with zero attached hydrogens (tertiary/aromatic N) is 5. The van der Waals surface area contributed by atoms with Crippen LogP contribution in [0.1, 0.15) is 33.0 Å². The lowest BCUT2D eigenvalue weighted by Crippen LogP contribution is -2.27. The van der Waals surface area contributed by atoms with Crippen LogP contribution in [-0.4, -0.2) is 44.9 Å². The molecule has 0 aliphatic heterocycles. The number of amides is 1. The molecular formula is C23H25N5O3. The SMILES string of the molecule is COc1ccc(-c2cc(C(=O)N(C)Cc3c(C)nn(C)c3C)c3c(C)noc3n2)cc1. The van der Waals surface area contributed by atoms with Gasteiger partial charge in [-0.2, -0.15) is 5.10 Å². The van der Waals surface area contributed by atoms with Gasteiger partial charge < -0.3 is 14.2 Å². The van der Waals surface area contributed by atoms with Gasteiger partial charge in [0.1, 0.15) is 5.75 Å². The number of aryl methyl sites for hydroxylation is 3. The standard InChI is InChI=1S/C23H25N5O3/c1-13-19(15(3)28(5)25-13)12-27(4)23(29)18-11-20(16-7-9-17(30-6)10-8-16)24-22-21(18)14(2)26-31-22/h7-11H,12H2,1-6H3. The molecule has 8 nitrogen and oxygen atoms in total. The van der Waals surface area contributed by atoms with Crippen molar-refractivity contribution >= 4 is 17.0 Å². The molecule has 0 N–H and O–H groups in total. The fraction of sp³-hybridized carbons (Fsp3) is 0.304. The van der Waals surface area contributed by atoms with E-state index in [1.807, 2.05) is 56.8 Å². The van der Waals surface area contributed by atoms with Crippen LogP contribution in [0, 0.1) is 20.8 Å². The zero-order chi connectivity index (χ0) is 22.3. The molecule has 0 unspecified atom stereocenters. The number of ether oxygens (including phenoxy) is 1. The van der Waals surface area contributed by atoms with E-state index < -0.39 is 0 Å². The first-order chi connectivity index (χ1) is 14.8. The predicted molar refractivity (Wildman–Crippen MR) is 117 cm³/mol. The Bertz CT molecular complexity index is 1270. The van der Waals surface area contributed by atoms with E-state index in [4.69, 9.17) is 9.26 Å². The molecule has 8 heteroatoms. The fourth-order valence-electron chi connectivity index (χ4n) is 3.73. The normalized spacial score (nSPS) is 11.2. The lowest BCUT2D eigenvalue weighted by atomic mass is 10.0. The van der Waals surface area contributed by atoms with Crippen LogP contribution in [-0.2, 0) is 13.6 Å². The van der Waals surface area contributed by atoms with E-state index in [9.17, 15) is 4.79 Å². The molecule has 0 aliphatic carbocycles. The first-order valence-electron chi connectivity index (χ1n) is 9.96. The van der Waals surface area contributed by atoms with Crippen LogP contribution in [0.25, 0.3) is 22.4 Å². The van der Waals surface area contributed by atoms with Gasteiger partial charge in [-0.1, -0.05) is 5.16 Å². The Hall–Kier alpha value is -3.68. The summed E-state index contributed by atoms with van der Waals surface area (Å²) in [5.41, 5.74) is 5.98. The molecule has 0 spiro atoms. The largest absolute Gasteiger partial charge is 0.497 e. The van der Waals surface area contributed by atoms with Crippen LogP contribution >= 0.6 is 0 Å². The topological polar surface area (TPSA) is 86.3 Å². The Kier molecular flexibility index (Phi) is 5.22. The summed E-state index contributed by atoms with van der Waals surface area (Å²) in [6, 6.07) is 9.31. The number of carbonyl (C=O) groups excluding carboxylic acids is 1. The third-order valence-electron chi connectivity index (χ3n) is 5.63. The van der Waals surface area contributed by atoms with Crippen molar-refractivity contribution in [2.45, 2.75) is 27.3 Å². The molecule has 0 saturated heterocycles. The summed E-state index contributed by atoms with van der Waals surface area (Å²) in [5, 5.41) is 9.12. The Labute approximate surface area is 180 Å². The van der Waals surface area contributed by atoms with Gasteiger partial charge in [-0.3, -0.25) is 9.48 Å². The highest BCUT2D eigenvalue weighted by Crippen LogP contribution is 2.29. The number of aromatic nitrogens is 4. The molecule has 4 rings (SSSR count). The zero-order valence-corrected chi connectivity index (χ0v) is 18.6. The highest BCUT2D eigenvalue weighted by atomic mass is 16.5. The van der Waals surface area contributed by atoms with E-state index in [2.05, 4.69) is 15.2 Å². The number of fused-ring (bicyclic) bond motifs is 1. The second-order valence-electron chi connectivity index (χ2n) is 7.67. The quantitative estimate of drug-likeness (QED) is 0.489. The van der Waals surface area contributed by atoms with Gasteiger partial charge in [0.15, 0.2) is 0 Å². The average molecular weight is 419 g/mol. The van der Waals surface area contributed by atoms with Crippen molar-refractivity contribution in [3.8, 4) is 17.0 Å². The van der Waals surface area contributed by atoms with Crippen LogP contribution in [0.3, 0.4) is 0 Å². The Morgan fingerprint density at radius 2 is 1.87 bits per heavy atom. The number of carbonyl (C=O) groups is 1. The number of rotatable bonds is 5. The summed E-state index contributed by atoms with van der Waals surface area (Å²) >= 11 is 0. The maximum absolute atomic E-state index is 13.5. The summed E-state index contributed by atoms with van der Waals surface area (Å²) < 4.78 is 12.5. The summed E-state index contributed by atoms with van der Waals surface area (Å²) in [7, 11) is 5.31. The van der Waals surface area contributed by atoms with Crippen molar-refractivity contribution in [2.75, 3.05) is 14.2 Å². The highest BCUT2D eigenvalue weighted by molar-refractivity contribution is 6.06. The van der Waals surface area contributed by atoms with E-state index in [1.165, 1.54) is 0 Å². The van der Waals surface area contributed by atoms with Crippen molar-refractivity contribution in [3.05, 3.63) is 58.5 Å². The maximum atomic E-state index is 13.5. The maximum Gasteiger partial charge on any atom is 0.259 e. The van der Waals surface area contributed by atoms with E-state index >= 15 is 0 Å². The Balaban J connectivity index is 1.75. The van der Waals surface area contributed by atoms with Crippen LogP contribution in [0.5, 0.6) is 5.75 Å². The monoisotopic (exact) mass is 419 g/mol. The van der Waals surface area contributed by atoms with Gasteiger partial charge in [-0.15, -0.1) is 0 Å². The van der Waals surface area contributed by atoms with E-state index in [0.717, 1.165) is 28.3 Å². The molecule has 31 heavy (non-hydrogen) atoms. The second kappa shape index (κ2) is 7.86. The van der Waals surface area contributed by atoms with Crippen LogP contribution < -0.4 is 4.74 Å². The van der Waals surface area contributed by atoms with Gasteiger partial charge in [0.05, 0.1) is 35.1 Å². The third kappa shape index (κ3) is 3.65. The lowest BCUT2D eigenvalue weighted by molar-refractivity contribution is 0.0786. The first-order valence-corrected chi connectivity index (χ1v) is 9.96. The number of pyridine rings is 1. The Morgan fingerprint density at radius 1 is 1.16 bits per heavy atom. The second-order valence-corrected chi connectivity index (χ2v) is 7.67. The molecule has 0 atom stereocenters. The Morgan fingerprint density at radius 3 is 2.48 bits per heavy atom. The lowest BCUT2D eigenvalue weighted by Gasteiger charge is -2.18. The number of methoxy groups -OCH3 is 1. The van der Waals surface area contributed by atoms with Crippen LogP contribution in [0.2, 0.25) is 0 Å². The molecule has 4 aromatic rings. The molecular weight excluding hydrogens is 394 g/mol. The van der Waals surface area contributed by atoms with Crippen LogP contribution in [0.4, 0.5) is 0 Å². The number of hydrogen-bond donors (Lipinski definition) is 0. The van der Waals surface area contributed by atoms with Gasteiger partial charge in [0.2, 0.25) is 0 Å². The first kappa shape index (κ1) is 20.6. The minimum Gasteiger partial charge on any atom is -0.497 e. The summed E-state index contributed by atoms with van der Waals surface area (Å²) in [6.45, 7) is 6.23. The molecule has 3 aromatic heterocycles. The molecule has 160 valence electrons.